The maximum Gasteiger partial charge on any atom is 0.306 e. The number of ether oxygens (including phenoxy) is 3. The molecule has 57 heavy (non-hydrogen) atoms. The summed E-state index contributed by atoms with van der Waals surface area (Å²) < 4.78 is 16.6. The predicted molar refractivity (Wildman–Crippen MR) is 242 cm³/mol. The highest BCUT2D eigenvalue weighted by atomic mass is 16.6. The number of rotatable bonds is 38. The summed E-state index contributed by atoms with van der Waals surface area (Å²) in [4.78, 5) is 37.7. The fourth-order valence-electron chi connectivity index (χ4n) is 5.45. The highest BCUT2D eigenvalue weighted by molar-refractivity contribution is 5.71. The Morgan fingerprint density at radius 3 is 1.25 bits per heavy atom. The lowest BCUT2D eigenvalue weighted by atomic mass is 10.1. The summed E-state index contributed by atoms with van der Waals surface area (Å²) in [6.45, 7) is 6.22. The standard InChI is InChI=1S/C51H80O6/c1-4-7-10-13-16-19-22-24-25-26-27-30-32-35-38-41-44-50(53)56-47-48(46-55-49(52)43-40-37-34-31-28-21-18-15-12-9-6-3)57-51(54)45-42-39-36-33-29-23-20-17-14-11-8-5-2/h7,9-10,12,16-21,24-25,27,30-31,34-35,38,48H,4-6,8,11,13-15,22-23,26,28-29,32-33,36-37,39-47H2,1-3H3/b10-7-,12-9-,19-16-,20-17-,21-18-,25-24-,30-27-,34-31-,38-35-. The molecule has 0 aliphatic carbocycles. The Balaban J connectivity index is 4.58. The molecule has 0 rings (SSSR count). The summed E-state index contributed by atoms with van der Waals surface area (Å²) in [5.74, 6) is -1.09. The van der Waals surface area contributed by atoms with Crippen LogP contribution >= 0.6 is 0 Å². The van der Waals surface area contributed by atoms with E-state index in [2.05, 4.69) is 118 Å². The van der Waals surface area contributed by atoms with Crippen LogP contribution in [-0.2, 0) is 28.6 Å². The van der Waals surface area contributed by atoms with Crippen LogP contribution in [0, 0.1) is 0 Å². The number of carbonyl (C=O) groups excluding carboxylic acids is 3. The number of carbonyl (C=O) groups is 3. The van der Waals surface area contributed by atoms with Crippen LogP contribution in [0.25, 0.3) is 0 Å². The second kappa shape index (κ2) is 44.8. The Bertz CT molecular complexity index is 1230. The minimum Gasteiger partial charge on any atom is -0.462 e. The van der Waals surface area contributed by atoms with Crippen molar-refractivity contribution in [2.45, 2.75) is 181 Å². The summed E-state index contributed by atoms with van der Waals surface area (Å²) in [6.07, 6.45) is 59.5. The third-order valence-electron chi connectivity index (χ3n) is 8.76. The van der Waals surface area contributed by atoms with Crippen molar-refractivity contribution in [3.8, 4) is 0 Å². The lowest BCUT2D eigenvalue weighted by Gasteiger charge is -2.18. The van der Waals surface area contributed by atoms with E-state index >= 15 is 0 Å². The Morgan fingerprint density at radius 2 is 0.737 bits per heavy atom. The number of unbranched alkanes of at least 4 members (excludes halogenated alkanes) is 9. The van der Waals surface area contributed by atoms with E-state index in [1.807, 2.05) is 12.2 Å². The lowest BCUT2D eigenvalue weighted by molar-refractivity contribution is -0.166. The first-order valence-corrected chi connectivity index (χ1v) is 22.4. The van der Waals surface area contributed by atoms with Crippen molar-refractivity contribution in [1.29, 1.82) is 0 Å². The Morgan fingerprint density at radius 1 is 0.368 bits per heavy atom. The van der Waals surface area contributed by atoms with Gasteiger partial charge in [0.05, 0.1) is 0 Å². The molecule has 1 atom stereocenters. The van der Waals surface area contributed by atoms with Crippen LogP contribution in [0.3, 0.4) is 0 Å². The first-order valence-electron chi connectivity index (χ1n) is 22.4. The summed E-state index contributed by atoms with van der Waals surface area (Å²) >= 11 is 0. The van der Waals surface area contributed by atoms with Gasteiger partial charge in [-0.05, 0) is 103 Å². The molecule has 0 aromatic heterocycles. The van der Waals surface area contributed by atoms with Crippen LogP contribution in [0.1, 0.15) is 175 Å². The average molecular weight is 789 g/mol. The monoisotopic (exact) mass is 789 g/mol. The van der Waals surface area contributed by atoms with E-state index in [1.165, 1.54) is 32.1 Å². The molecule has 320 valence electrons. The smallest absolute Gasteiger partial charge is 0.306 e. The van der Waals surface area contributed by atoms with E-state index in [0.717, 1.165) is 89.9 Å². The molecule has 0 N–H and O–H groups in total. The summed E-state index contributed by atoms with van der Waals surface area (Å²) in [7, 11) is 0. The SMILES string of the molecule is CC/C=C\C/C=C\C/C=C\C/C=C\C/C=C\CCC(=O)OCC(COC(=O)CCC/C=C\C/C=C\C/C=C\CC)OC(=O)CCCCCCC/C=C\CCCCC. The summed E-state index contributed by atoms with van der Waals surface area (Å²) in [5, 5.41) is 0. The molecule has 0 bridgehead atoms. The first kappa shape index (κ1) is 53.1. The number of allylic oxidation sites excluding steroid dienone is 18. The number of hydrogen-bond donors (Lipinski definition) is 0. The van der Waals surface area contributed by atoms with Gasteiger partial charge in [-0.2, -0.15) is 0 Å². The van der Waals surface area contributed by atoms with Crippen molar-refractivity contribution in [2.24, 2.45) is 0 Å². The molecule has 0 heterocycles. The molecule has 1 unspecified atom stereocenters. The van der Waals surface area contributed by atoms with Crippen molar-refractivity contribution >= 4 is 17.9 Å². The molecule has 0 saturated heterocycles. The van der Waals surface area contributed by atoms with Crippen molar-refractivity contribution in [3.63, 3.8) is 0 Å². The highest BCUT2D eigenvalue weighted by Crippen LogP contribution is 2.11. The van der Waals surface area contributed by atoms with Crippen LogP contribution in [0.4, 0.5) is 0 Å². The van der Waals surface area contributed by atoms with Gasteiger partial charge in [0.15, 0.2) is 6.10 Å². The van der Waals surface area contributed by atoms with Crippen molar-refractivity contribution in [3.05, 3.63) is 109 Å². The Labute approximate surface area is 349 Å². The molecular formula is C51H80O6. The largest absolute Gasteiger partial charge is 0.462 e. The van der Waals surface area contributed by atoms with E-state index in [4.69, 9.17) is 14.2 Å². The van der Waals surface area contributed by atoms with Gasteiger partial charge in [-0.15, -0.1) is 0 Å². The van der Waals surface area contributed by atoms with Gasteiger partial charge in [0.25, 0.3) is 0 Å². The fourth-order valence-corrected chi connectivity index (χ4v) is 5.45. The molecule has 0 aliphatic rings. The Kier molecular flexibility index (Phi) is 41.7. The third kappa shape index (κ3) is 43.0. The molecule has 0 aromatic rings. The zero-order valence-corrected chi connectivity index (χ0v) is 36.3. The molecule has 0 spiro atoms. The quantitative estimate of drug-likeness (QED) is 0.0268. The number of hydrogen-bond acceptors (Lipinski definition) is 6. The normalized spacial score (nSPS) is 13.1. The molecule has 0 fully saturated rings. The Hall–Kier alpha value is -3.93. The fraction of sp³-hybridized carbons (Fsp3) is 0.588. The van der Waals surface area contributed by atoms with Gasteiger partial charge in [-0.3, -0.25) is 14.4 Å². The van der Waals surface area contributed by atoms with Gasteiger partial charge >= 0.3 is 17.9 Å². The van der Waals surface area contributed by atoms with Crippen LogP contribution in [0.2, 0.25) is 0 Å². The molecular weight excluding hydrogens is 709 g/mol. The summed E-state index contributed by atoms with van der Waals surface area (Å²) in [6, 6.07) is 0. The third-order valence-corrected chi connectivity index (χ3v) is 8.76. The molecule has 0 aromatic carbocycles. The maximum atomic E-state index is 12.7. The lowest BCUT2D eigenvalue weighted by Crippen LogP contribution is -2.30. The van der Waals surface area contributed by atoms with E-state index in [-0.39, 0.29) is 50.4 Å². The van der Waals surface area contributed by atoms with E-state index in [0.29, 0.717) is 12.8 Å². The second-order valence-corrected chi connectivity index (χ2v) is 14.2. The van der Waals surface area contributed by atoms with Crippen LogP contribution in [-0.4, -0.2) is 37.2 Å². The van der Waals surface area contributed by atoms with Crippen molar-refractivity contribution < 1.29 is 28.6 Å². The van der Waals surface area contributed by atoms with Gasteiger partial charge in [-0.25, -0.2) is 0 Å². The topological polar surface area (TPSA) is 78.9 Å². The molecule has 0 amide bonds. The predicted octanol–water partition coefficient (Wildman–Crippen LogP) is 14.4. The molecule has 0 aliphatic heterocycles. The van der Waals surface area contributed by atoms with E-state index in [9.17, 15) is 14.4 Å². The minimum atomic E-state index is -0.831. The zero-order valence-electron chi connectivity index (χ0n) is 36.3. The van der Waals surface area contributed by atoms with Gasteiger partial charge in [0, 0.05) is 19.3 Å². The van der Waals surface area contributed by atoms with Crippen LogP contribution < -0.4 is 0 Å². The molecule has 6 heteroatoms. The minimum absolute atomic E-state index is 0.133. The van der Waals surface area contributed by atoms with Gasteiger partial charge in [-0.1, -0.05) is 162 Å². The number of esters is 3. The van der Waals surface area contributed by atoms with E-state index in [1.54, 1.807) is 0 Å². The molecule has 0 saturated carbocycles. The van der Waals surface area contributed by atoms with Gasteiger partial charge < -0.3 is 14.2 Å². The summed E-state index contributed by atoms with van der Waals surface area (Å²) in [5.41, 5.74) is 0. The van der Waals surface area contributed by atoms with Crippen LogP contribution in [0.5, 0.6) is 0 Å². The second-order valence-electron chi connectivity index (χ2n) is 14.2. The van der Waals surface area contributed by atoms with Crippen molar-refractivity contribution in [2.75, 3.05) is 13.2 Å². The van der Waals surface area contributed by atoms with Gasteiger partial charge in [0.2, 0.25) is 0 Å². The molecule has 0 radical (unpaired) electrons. The highest BCUT2D eigenvalue weighted by Gasteiger charge is 2.19. The average Bonchev–Trinajstić information content (AvgIpc) is 3.21. The van der Waals surface area contributed by atoms with Crippen LogP contribution in [0.15, 0.2) is 109 Å². The van der Waals surface area contributed by atoms with Crippen molar-refractivity contribution in [1.82, 2.24) is 0 Å². The van der Waals surface area contributed by atoms with E-state index < -0.39 is 6.10 Å². The zero-order chi connectivity index (χ0) is 41.5. The van der Waals surface area contributed by atoms with Gasteiger partial charge in [0.1, 0.15) is 13.2 Å². The molecule has 6 nitrogen and oxygen atoms in total. The maximum absolute atomic E-state index is 12.7. The first-order chi connectivity index (χ1) is 28.0.